The van der Waals surface area contributed by atoms with Crippen molar-refractivity contribution in [3.05, 3.63) is 60.2 Å². The lowest BCUT2D eigenvalue weighted by Gasteiger charge is -2.23. The molecular formula is C21H23N3O4S. The molecule has 3 rings (SSSR count). The van der Waals surface area contributed by atoms with E-state index in [0.29, 0.717) is 35.2 Å². The Labute approximate surface area is 173 Å². The molecule has 1 saturated heterocycles. The minimum Gasteiger partial charge on any atom is -0.484 e. The zero-order valence-electron chi connectivity index (χ0n) is 16.1. The van der Waals surface area contributed by atoms with Gasteiger partial charge in [0.1, 0.15) is 11.8 Å². The van der Waals surface area contributed by atoms with Crippen LogP contribution in [0, 0.1) is 0 Å². The zero-order valence-corrected chi connectivity index (χ0v) is 16.9. The summed E-state index contributed by atoms with van der Waals surface area (Å²) in [5, 5.41) is 5.51. The number of carbonyl (C=O) groups is 3. The first-order valence-electron chi connectivity index (χ1n) is 9.32. The molecule has 1 fully saturated rings. The molecule has 152 valence electrons. The zero-order chi connectivity index (χ0) is 20.6. The number of rotatable bonds is 7. The van der Waals surface area contributed by atoms with Crippen molar-refractivity contribution in [2.24, 2.45) is 0 Å². The molecule has 1 aliphatic heterocycles. The normalized spacial score (nSPS) is 15.6. The first-order chi connectivity index (χ1) is 14.1. The molecule has 0 aromatic heterocycles. The van der Waals surface area contributed by atoms with Crippen LogP contribution in [0.1, 0.15) is 17.3 Å². The monoisotopic (exact) mass is 413 g/mol. The van der Waals surface area contributed by atoms with E-state index in [4.69, 9.17) is 4.74 Å². The fourth-order valence-corrected chi connectivity index (χ4v) is 4.02. The third kappa shape index (κ3) is 5.51. The van der Waals surface area contributed by atoms with Crippen LogP contribution in [0.4, 0.5) is 5.69 Å². The first-order valence-corrected chi connectivity index (χ1v) is 10.5. The van der Waals surface area contributed by atoms with Gasteiger partial charge >= 0.3 is 0 Å². The van der Waals surface area contributed by atoms with Gasteiger partial charge in [0.15, 0.2) is 6.61 Å². The van der Waals surface area contributed by atoms with Crippen LogP contribution >= 0.6 is 11.8 Å². The van der Waals surface area contributed by atoms with Crippen molar-refractivity contribution in [2.75, 3.05) is 30.1 Å². The molecule has 1 atom stereocenters. The Hall–Kier alpha value is -3.00. The fourth-order valence-electron chi connectivity index (χ4n) is 2.86. The van der Waals surface area contributed by atoms with E-state index >= 15 is 0 Å². The quantitative estimate of drug-likeness (QED) is 0.728. The number of nitrogens with one attached hydrogen (secondary N) is 2. The lowest BCUT2D eigenvalue weighted by molar-refractivity contribution is -0.123. The largest absolute Gasteiger partial charge is 0.484 e. The van der Waals surface area contributed by atoms with Crippen LogP contribution in [0.25, 0.3) is 0 Å². The van der Waals surface area contributed by atoms with Crippen LogP contribution in [0.3, 0.4) is 0 Å². The summed E-state index contributed by atoms with van der Waals surface area (Å²) in [6.07, 6.45) is 0. The van der Waals surface area contributed by atoms with Crippen molar-refractivity contribution in [3.8, 4) is 5.75 Å². The van der Waals surface area contributed by atoms with Gasteiger partial charge in [0.2, 0.25) is 5.91 Å². The predicted molar refractivity (Wildman–Crippen MR) is 113 cm³/mol. The highest BCUT2D eigenvalue weighted by Gasteiger charge is 2.35. The molecule has 2 N–H and O–H groups in total. The number of nitrogens with zero attached hydrogens (tertiary/aromatic N) is 1. The second kappa shape index (κ2) is 9.97. The molecule has 0 radical (unpaired) electrons. The Bertz CT molecular complexity index is 858. The number of likely N-dealkylation sites (N-methyl/N-ethyl adjacent to an activating group) is 1. The maximum absolute atomic E-state index is 12.7. The summed E-state index contributed by atoms with van der Waals surface area (Å²) >= 11 is 1.55. The van der Waals surface area contributed by atoms with Crippen molar-refractivity contribution in [1.29, 1.82) is 0 Å². The number of thioether (sulfide) groups is 1. The van der Waals surface area contributed by atoms with E-state index < -0.39 is 6.04 Å². The molecule has 1 aliphatic rings. The highest BCUT2D eigenvalue weighted by Crippen LogP contribution is 2.25. The van der Waals surface area contributed by atoms with Crippen LogP contribution in [0.5, 0.6) is 5.75 Å². The lowest BCUT2D eigenvalue weighted by Crippen LogP contribution is -2.44. The lowest BCUT2D eigenvalue weighted by atomic mass is 10.1. The molecule has 0 saturated carbocycles. The van der Waals surface area contributed by atoms with Crippen molar-refractivity contribution < 1.29 is 19.1 Å². The number of anilines is 1. The average Bonchev–Trinajstić information content (AvgIpc) is 3.24. The minimum absolute atomic E-state index is 0.0601. The van der Waals surface area contributed by atoms with E-state index in [1.165, 1.54) is 0 Å². The molecule has 1 unspecified atom stereocenters. The SMILES string of the molecule is CCNC(=O)COc1ccc(NC(=O)C2CSCN2C(=O)c2ccccc2)cc1. The molecular weight excluding hydrogens is 390 g/mol. The van der Waals surface area contributed by atoms with E-state index in [-0.39, 0.29) is 24.3 Å². The number of carbonyl (C=O) groups excluding carboxylic acids is 3. The van der Waals surface area contributed by atoms with Crippen LogP contribution < -0.4 is 15.4 Å². The molecule has 2 aromatic rings. The second-order valence-corrected chi connectivity index (χ2v) is 7.41. The minimum atomic E-state index is -0.527. The van der Waals surface area contributed by atoms with Gasteiger partial charge in [-0.1, -0.05) is 18.2 Å². The van der Waals surface area contributed by atoms with Gasteiger partial charge in [-0.3, -0.25) is 14.4 Å². The molecule has 8 heteroatoms. The van der Waals surface area contributed by atoms with Crippen LogP contribution in [0.2, 0.25) is 0 Å². The van der Waals surface area contributed by atoms with Gasteiger partial charge in [0.05, 0.1) is 5.88 Å². The van der Waals surface area contributed by atoms with Gasteiger partial charge in [-0.25, -0.2) is 0 Å². The predicted octanol–water partition coefficient (Wildman–Crippen LogP) is 2.36. The number of ether oxygens (including phenoxy) is 1. The molecule has 0 bridgehead atoms. The molecule has 29 heavy (non-hydrogen) atoms. The Morgan fingerprint density at radius 2 is 1.83 bits per heavy atom. The van der Waals surface area contributed by atoms with Gasteiger partial charge in [-0.15, -0.1) is 11.8 Å². The molecule has 1 heterocycles. The second-order valence-electron chi connectivity index (χ2n) is 6.41. The number of hydrogen-bond donors (Lipinski definition) is 2. The van der Waals surface area contributed by atoms with Crippen LogP contribution in [0.15, 0.2) is 54.6 Å². The number of hydrogen-bond acceptors (Lipinski definition) is 5. The summed E-state index contributed by atoms with van der Waals surface area (Å²) in [5.41, 5.74) is 1.17. The highest BCUT2D eigenvalue weighted by molar-refractivity contribution is 7.99. The van der Waals surface area contributed by atoms with Gasteiger partial charge in [-0.05, 0) is 43.3 Å². The summed E-state index contributed by atoms with van der Waals surface area (Å²) in [5.74, 6) is 1.01. The molecule has 3 amide bonds. The third-order valence-corrected chi connectivity index (χ3v) is 5.34. The Morgan fingerprint density at radius 1 is 1.10 bits per heavy atom. The maximum atomic E-state index is 12.7. The smallest absolute Gasteiger partial charge is 0.257 e. The Kier molecular flexibility index (Phi) is 7.13. The van der Waals surface area contributed by atoms with Gasteiger partial charge < -0.3 is 20.3 Å². The van der Waals surface area contributed by atoms with Gasteiger partial charge in [0.25, 0.3) is 11.8 Å². The number of amides is 3. The average molecular weight is 413 g/mol. The maximum Gasteiger partial charge on any atom is 0.257 e. The van der Waals surface area contributed by atoms with Crippen LogP contribution in [-0.4, -0.2) is 53.4 Å². The topological polar surface area (TPSA) is 87.7 Å². The fraction of sp³-hybridized carbons (Fsp3) is 0.286. The summed E-state index contributed by atoms with van der Waals surface area (Å²) in [6.45, 7) is 2.33. The van der Waals surface area contributed by atoms with E-state index in [9.17, 15) is 14.4 Å². The molecule has 0 aliphatic carbocycles. The number of benzene rings is 2. The summed E-state index contributed by atoms with van der Waals surface area (Å²) in [7, 11) is 0. The molecule has 7 nitrogen and oxygen atoms in total. The van der Waals surface area contributed by atoms with Gasteiger partial charge in [-0.2, -0.15) is 0 Å². The van der Waals surface area contributed by atoms with Crippen LogP contribution in [-0.2, 0) is 9.59 Å². The highest BCUT2D eigenvalue weighted by atomic mass is 32.2. The van der Waals surface area contributed by atoms with E-state index in [1.807, 2.05) is 13.0 Å². The van der Waals surface area contributed by atoms with Crippen molar-refractivity contribution in [3.63, 3.8) is 0 Å². The Balaban J connectivity index is 1.58. The Morgan fingerprint density at radius 3 is 2.52 bits per heavy atom. The molecule has 2 aromatic carbocycles. The standard InChI is InChI=1S/C21H23N3O4S/c1-2-22-19(25)12-28-17-10-8-16(9-11-17)23-20(26)18-13-29-14-24(18)21(27)15-6-4-3-5-7-15/h3-11,18H,2,12-14H2,1H3,(H,22,25)(H,23,26). The third-order valence-electron chi connectivity index (χ3n) is 4.33. The molecule has 0 spiro atoms. The van der Waals surface area contributed by atoms with Gasteiger partial charge in [0, 0.05) is 23.5 Å². The van der Waals surface area contributed by atoms with E-state index in [2.05, 4.69) is 10.6 Å². The van der Waals surface area contributed by atoms with Crippen molar-refractivity contribution in [2.45, 2.75) is 13.0 Å². The summed E-state index contributed by atoms with van der Waals surface area (Å²) < 4.78 is 5.40. The van der Waals surface area contributed by atoms with E-state index in [1.54, 1.807) is 65.2 Å². The first kappa shape index (κ1) is 20.7. The van der Waals surface area contributed by atoms with E-state index in [0.717, 1.165) is 0 Å². The summed E-state index contributed by atoms with van der Waals surface area (Å²) in [4.78, 5) is 38.5. The summed E-state index contributed by atoms with van der Waals surface area (Å²) in [6, 6.07) is 15.2. The van der Waals surface area contributed by atoms with Crippen molar-refractivity contribution in [1.82, 2.24) is 10.2 Å². The van der Waals surface area contributed by atoms with Crippen molar-refractivity contribution >= 4 is 35.2 Å².